The van der Waals surface area contributed by atoms with Crippen molar-refractivity contribution in [1.82, 2.24) is 9.80 Å². The summed E-state index contributed by atoms with van der Waals surface area (Å²) < 4.78 is 40.6. The molecule has 1 amide bonds. The standard InChI is InChI=1S/C24H21F3N2O/c25-19-8-6-18(7-9-19)23(17-4-2-1-3-5-17)28-12-14-29(15-13-28)24(30)21-11-10-20(26)16-22(21)27/h1-11,16,23H,12-15H2/t23-/m1/s1. The Balaban J connectivity index is 1.53. The van der Waals surface area contributed by atoms with Crippen molar-refractivity contribution < 1.29 is 18.0 Å². The van der Waals surface area contributed by atoms with E-state index >= 15 is 0 Å². The zero-order chi connectivity index (χ0) is 21.1. The summed E-state index contributed by atoms with van der Waals surface area (Å²) in [6.45, 7) is 1.98. The maximum absolute atomic E-state index is 14.0. The Morgan fingerprint density at radius 2 is 1.33 bits per heavy atom. The Hall–Kier alpha value is -3.12. The van der Waals surface area contributed by atoms with Crippen LogP contribution >= 0.6 is 0 Å². The average molecular weight is 410 g/mol. The highest BCUT2D eigenvalue weighted by atomic mass is 19.1. The predicted molar refractivity (Wildman–Crippen MR) is 109 cm³/mol. The van der Waals surface area contributed by atoms with E-state index in [0.717, 1.165) is 23.3 Å². The van der Waals surface area contributed by atoms with Crippen LogP contribution in [0.1, 0.15) is 27.5 Å². The molecule has 0 unspecified atom stereocenters. The monoisotopic (exact) mass is 410 g/mol. The van der Waals surface area contributed by atoms with E-state index < -0.39 is 17.5 Å². The zero-order valence-electron chi connectivity index (χ0n) is 16.3. The second-order valence-electron chi connectivity index (χ2n) is 7.32. The van der Waals surface area contributed by atoms with Gasteiger partial charge in [-0.1, -0.05) is 42.5 Å². The summed E-state index contributed by atoms with van der Waals surface area (Å²) in [5.74, 6) is -2.29. The lowest BCUT2D eigenvalue weighted by atomic mass is 9.96. The van der Waals surface area contributed by atoms with Gasteiger partial charge in [0.1, 0.15) is 17.5 Å². The van der Waals surface area contributed by atoms with Gasteiger partial charge < -0.3 is 4.90 Å². The van der Waals surface area contributed by atoms with Gasteiger partial charge >= 0.3 is 0 Å². The van der Waals surface area contributed by atoms with Gasteiger partial charge in [0.2, 0.25) is 0 Å². The molecule has 3 aromatic rings. The van der Waals surface area contributed by atoms with Gasteiger partial charge in [-0.25, -0.2) is 13.2 Å². The van der Waals surface area contributed by atoms with Crippen molar-refractivity contribution in [1.29, 1.82) is 0 Å². The molecule has 0 aliphatic carbocycles. The number of carbonyl (C=O) groups is 1. The second-order valence-corrected chi connectivity index (χ2v) is 7.32. The summed E-state index contributed by atoms with van der Waals surface area (Å²) in [4.78, 5) is 16.5. The summed E-state index contributed by atoms with van der Waals surface area (Å²) >= 11 is 0. The zero-order valence-corrected chi connectivity index (χ0v) is 16.3. The summed E-state index contributed by atoms with van der Waals surface area (Å²) in [6, 6.07) is 19.3. The van der Waals surface area contributed by atoms with E-state index in [9.17, 15) is 18.0 Å². The minimum atomic E-state index is -0.851. The Bertz CT molecular complexity index is 1020. The highest BCUT2D eigenvalue weighted by molar-refractivity contribution is 5.94. The van der Waals surface area contributed by atoms with Crippen LogP contribution in [0.4, 0.5) is 13.2 Å². The molecule has 3 aromatic carbocycles. The third-order valence-electron chi connectivity index (χ3n) is 5.43. The van der Waals surface area contributed by atoms with Gasteiger partial charge in [-0.2, -0.15) is 0 Å². The first-order chi connectivity index (χ1) is 14.5. The molecule has 0 saturated carbocycles. The fraction of sp³-hybridized carbons (Fsp3) is 0.208. The molecule has 154 valence electrons. The van der Waals surface area contributed by atoms with Crippen LogP contribution < -0.4 is 0 Å². The Kier molecular flexibility index (Phi) is 5.86. The topological polar surface area (TPSA) is 23.6 Å². The van der Waals surface area contributed by atoms with E-state index in [1.54, 1.807) is 17.0 Å². The van der Waals surface area contributed by atoms with E-state index in [0.29, 0.717) is 26.2 Å². The van der Waals surface area contributed by atoms with Crippen LogP contribution in [0.25, 0.3) is 0 Å². The number of amides is 1. The average Bonchev–Trinajstić information content (AvgIpc) is 2.76. The molecule has 0 N–H and O–H groups in total. The molecule has 1 saturated heterocycles. The van der Waals surface area contributed by atoms with Crippen molar-refractivity contribution in [3.63, 3.8) is 0 Å². The van der Waals surface area contributed by atoms with Crippen molar-refractivity contribution in [3.8, 4) is 0 Å². The van der Waals surface area contributed by atoms with Crippen molar-refractivity contribution in [2.75, 3.05) is 26.2 Å². The molecule has 30 heavy (non-hydrogen) atoms. The first kappa shape index (κ1) is 20.2. The Morgan fingerprint density at radius 3 is 1.97 bits per heavy atom. The minimum Gasteiger partial charge on any atom is -0.336 e. The number of carbonyl (C=O) groups excluding carboxylic acids is 1. The van der Waals surface area contributed by atoms with E-state index in [4.69, 9.17) is 0 Å². The molecule has 1 heterocycles. The van der Waals surface area contributed by atoms with Crippen molar-refractivity contribution >= 4 is 5.91 Å². The number of hydrogen-bond donors (Lipinski definition) is 0. The van der Waals surface area contributed by atoms with Gasteiger partial charge in [-0.3, -0.25) is 9.69 Å². The SMILES string of the molecule is O=C(c1ccc(F)cc1F)N1CCN([C@H](c2ccccc2)c2ccc(F)cc2)CC1. The lowest BCUT2D eigenvalue weighted by Gasteiger charge is -2.39. The lowest BCUT2D eigenvalue weighted by molar-refractivity contribution is 0.0593. The Morgan fingerprint density at radius 1 is 0.733 bits per heavy atom. The fourth-order valence-electron chi connectivity index (χ4n) is 3.91. The molecule has 0 bridgehead atoms. The van der Waals surface area contributed by atoms with E-state index in [1.807, 2.05) is 30.3 Å². The number of hydrogen-bond acceptors (Lipinski definition) is 2. The van der Waals surface area contributed by atoms with Gasteiger partial charge in [-0.15, -0.1) is 0 Å². The third kappa shape index (κ3) is 4.24. The second kappa shape index (κ2) is 8.71. The first-order valence-electron chi connectivity index (χ1n) is 9.82. The van der Waals surface area contributed by atoms with Crippen LogP contribution in [0.5, 0.6) is 0 Å². The van der Waals surface area contributed by atoms with Crippen LogP contribution in [0.15, 0.2) is 72.8 Å². The molecule has 0 radical (unpaired) electrons. The summed E-state index contributed by atoms with van der Waals surface area (Å²) in [5, 5.41) is 0. The molecular weight excluding hydrogens is 389 g/mol. The molecule has 1 aliphatic rings. The number of piperazine rings is 1. The number of halogens is 3. The predicted octanol–water partition coefficient (Wildman–Crippen LogP) is 4.65. The van der Waals surface area contributed by atoms with Crippen molar-refractivity contribution in [2.24, 2.45) is 0 Å². The normalized spacial score (nSPS) is 15.8. The molecule has 3 nitrogen and oxygen atoms in total. The number of rotatable bonds is 4. The Labute approximate surface area is 173 Å². The van der Waals surface area contributed by atoms with Gasteiger partial charge in [0, 0.05) is 32.2 Å². The fourth-order valence-corrected chi connectivity index (χ4v) is 3.91. The molecule has 4 rings (SSSR count). The van der Waals surface area contributed by atoms with Crippen molar-refractivity contribution in [3.05, 3.63) is 107 Å². The highest BCUT2D eigenvalue weighted by Crippen LogP contribution is 2.30. The van der Waals surface area contributed by atoms with E-state index in [2.05, 4.69) is 4.90 Å². The molecule has 0 aromatic heterocycles. The summed E-state index contributed by atoms with van der Waals surface area (Å²) in [7, 11) is 0. The van der Waals surface area contributed by atoms with Crippen LogP contribution in [-0.2, 0) is 0 Å². The van der Waals surface area contributed by atoms with Crippen LogP contribution in [0.2, 0.25) is 0 Å². The van der Waals surface area contributed by atoms with Gasteiger partial charge in [0.25, 0.3) is 5.91 Å². The quantitative estimate of drug-likeness (QED) is 0.625. The third-order valence-corrected chi connectivity index (χ3v) is 5.43. The van der Waals surface area contributed by atoms with Crippen molar-refractivity contribution in [2.45, 2.75) is 6.04 Å². The first-order valence-corrected chi connectivity index (χ1v) is 9.82. The molecule has 1 aliphatic heterocycles. The lowest BCUT2D eigenvalue weighted by Crippen LogP contribution is -2.50. The van der Waals surface area contributed by atoms with Crippen LogP contribution in [-0.4, -0.2) is 41.9 Å². The largest absolute Gasteiger partial charge is 0.336 e. The smallest absolute Gasteiger partial charge is 0.256 e. The number of benzene rings is 3. The number of nitrogens with zero attached hydrogens (tertiary/aromatic N) is 2. The van der Waals surface area contributed by atoms with Gasteiger partial charge in [0.15, 0.2) is 0 Å². The van der Waals surface area contributed by atoms with E-state index in [1.165, 1.54) is 18.2 Å². The van der Waals surface area contributed by atoms with E-state index in [-0.39, 0.29) is 17.4 Å². The molecule has 6 heteroatoms. The van der Waals surface area contributed by atoms with Crippen LogP contribution in [0.3, 0.4) is 0 Å². The maximum atomic E-state index is 14.0. The molecular formula is C24H21F3N2O. The molecule has 0 spiro atoms. The highest BCUT2D eigenvalue weighted by Gasteiger charge is 2.29. The molecule has 1 atom stereocenters. The summed E-state index contributed by atoms with van der Waals surface area (Å²) in [5.41, 5.74) is 1.92. The van der Waals surface area contributed by atoms with Gasteiger partial charge in [0.05, 0.1) is 11.6 Å². The van der Waals surface area contributed by atoms with Crippen LogP contribution in [0, 0.1) is 17.5 Å². The summed E-state index contributed by atoms with van der Waals surface area (Å²) in [6.07, 6.45) is 0. The van der Waals surface area contributed by atoms with Gasteiger partial charge in [-0.05, 0) is 35.4 Å². The minimum absolute atomic E-state index is 0.0772. The molecule has 1 fully saturated rings. The maximum Gasteiger partial charge on any atom is 0.256 e.